The van der Waals surface area contributed by atoms with Crippen LogP contribution in [0.25, 0.3) is 0 Å². The molecule has 1 aliphatic heterocycles. The van der Waals surface area contributed by atoms with Crippen molar-refractivity contribution in [1.29, 1.82) is 0 Å². The topological polar surface area (TPSA) is 52.6 Å². The van der Waals surface area contributed by atoms with E-state index in [-0.39, 0.29) is 0 Å². The van der Waals surface area contributed by atoms with Crippen molar-refractivity contribution in [3.63, 3.8) is 0 Å². The van der Waals surface area contributed by atoms with Crippen molar-refractivity contribution in [2.45, 2.75) is 12.8 Å². The molecular weight excluding hydrogens is 252 g/mol. The Kier molecular flexibility index (Phi) is 4.44. The number of piperidine rings is 1. The zero-order valence-electron chi connectivity index (χ0n) is 10.1. The molecule has 1 fully saturated rings. The van der Waals surface area contributed by atoms with Crippen LogP contribution in [0.15, 0.2) is 24.3 Å². The SMILES string of the molecule is O=C(O)N(C[C@@H]1CCCNC1)c1cccc(Cl)c1. The van der Waals surface area contributed by atoms with Gasteiger partial charge >= 0.3 is 6.09 Å². The largest absolute Gasteiger partial charge is 0.465 e. The number of rotatable bonds is 3. The number of benzene rings is 1. The van der Waals surface area contributed by atoms with Gasteiger partial charge < -0.3 is 10.4 Å². The molecule has 0 radical (unpaired) electrons. The van der Waals surface area contributed by atoms with Gasteiger partial charge in [-0.1, -0.05) is 17.7 Å². The summed E-state index contributed by atoms with van der Waals surface area (Å²) in [7, 11) is 0. The summed E-state index contributed by atoms with van der Waals surface area (Å²) in [5.74, 6) is 0.369. The van der Waals surface area contributed by atoms with Gasteiger partial charge in [0, 0.05) is 17.3 Å². The summed E-state index contributed by atoms with van der Waals surface area (Å²) < 4.78 is 0. The Morgan fingerprint density at radius 3 is 3.00 bits per heavy atom. The van der Waals surface area contributed by atoms with Crippen LogP contribution in [0, 0.1) is 5.92 Å². The highest BCUT2D eigenvalue weighted by Crippen LogP contribution is 2.22. The minimum Gasteiger partial charge on any atom is -0.465 e. The first-order valence-electron chi connectivity index (χ1n) is 6.13. The molecule has 0 bridgehead atoms. The maximum atomic E-state index is 11.3. The van der Waals surface area contributed by atoms with Crippen LogP contribution < -0.4 is 10.2 Å². The van der Waals surface area contributed by atoms with Gasteiger partial charge in [0.2, 0.25) is 0 Å². The van der Waals surface area contributed by atoms with E-state index in [0.717, 1.165) is 25.9 Å². The summed E-state index contributed by atoms with van der Waals surface area (Å²) in [5.41, 5.74) is 0.639. The predicted octanol–water partition coefficient (Wildman–Crippen LogP) is 2.82. The summed E-state index contributed by atoms with van der Waals surface area (Å²) in [4.78, 5) is 12.7. The number of nitrogens with one attached hydrogen (secondary N) is 1. The molecule has 0 spiro atoms. The van der Waals surface area contributed by atoms with E-state index in [0.29, 0.717) is 23.2 Å². The summed E-state index contributed by atoms with van der Waals surface area (Å²) in [5, 5.41) is 13.2. The summed E-state index contributed by atoms with van der Waals surface area (Å²) in [6.45, 7) is 2.42. The van der Waals surface area contributed by atoms with E-state index in [1.807, 2.05) is 0 Å². The van der Waals surface area contributed by atoms with Crippen molar-refractivity contribution < 1.29 is 9.90 Å². The molecule has 1 amide bonds. The van der Waals surface area contributed by atoms with Crippen LogP contribution in [-0.4, -0.2) is 30.8 Å². The fourth-order valence-electron chi connectivity index (χ4n) is 2.28. The summed E-state index contributed by atoms with van der Waals surface area (Å²) in [6, 6.07) is 6.97. The van der Waals surface area contributed by atoms with Gasteiger partial charge in [0.25, 0.3) is 0 Å². The van der Waals surface area contributed by atoms with Gasteiger partial charge in [0.1, 0.15) is 0 Å². The molecule has 1 aromatic carbocycles. The summed E-state index contributed by atoms with van der Waals surface area (Å²) >= 11 is 5.90. The third-order valence-electron chi connectivity index (χ3n) is 3.19. The molecule has 0 aromatic heterocycles. The number of hydrogen-bond donors (Lipinski definition) is 2. The lowest BCUT2D eigenvalue weighted by atomic mass is 9.99. The molecule has 98 valence electrons. The minimum atomic E-state index is -0.928. The van der Waals surface area contributed by atoms with Crippen molar-refractivity contribution >= 4 is 23.4 Å². The Morgan fingerprint density at radius 2 is 2.39 bits per heavy atom. The number of amides is 1. The van der Waals surface area contributed by atoms with Crippen molar-refractivity contribution in [2.24, 2.45) is 5.92 Å². The van der Waals surface area contributed by atoms with Gasteiger partial charge in [-0.25, -0.2) is 4.79 Å². The van der Waals surface area contributed by atoms with Crippen LogP contribution in [0.2, 0.25) is 5.02 Å². The molecule has 4 nitrogen and oxygen atoms in total. The van der Waals surface area contributed by atoms with Gasteiger partial charge in [-0.3, -0.25) is 4.90 Å². The minimum absolute atomic E-state index is 0.369. The smallest absolute Gasteiger partial charge is 0.411 e. The molecule has 0 unspecified atom stereocenters. The molecule has 0 aliphatic carbocycles. The Bertz CT molecular complexity index is 419. The second-order valence-electron chi connectivity index (χ2n) is 4.59. The third-order valence-corrected chi connectivity index (χ3v) is 3.43. The first-order valence-corrected chi connectivity index (χ1v) is 6.51. The lowest BCUT2D eigenvalue weighted by Gasteiger charge is -2.28. The Balaban J connectivity index is 2.10. The lowest BCUT2D eigenvalue weighted by molar-refractivity contribution is 0.199. The fraction of sp³-hybridized carbons (Fsp3) is 0.462. The van der Waals surface area contributed by atoms with Gasteiger partial charge in [0.05, 0.1) is 0 Å². The molecule has 0 saturated carbocycles. The first kappa shape index (κ1) is 13.2. The van der Waals surface area contributed by atoms with Crippen molar-refractivity contribution in [3.05, 3.63) is 29.3 Å². The normalized spacial score (nSPS) is 19.5. The van der Waals surface area contributed by atoms with Crippen LogP contribution in [0.4, 0.5) is 10.5 Å². The lowest BCUT2D eigenvalue weighted by Crippen LogP contribution is -2.40. The zero-order valence-corrected chi connectivity index (χ0v) is 10.9. The monoisotopic (exact) mass is 268 g/mol. The Labute approximate surface area is 112 Å². The van der Waals surface area contributed by atoms with Crippen molar-refractivity contribution in [3.8, 4) is 0 Å². The van der Waals surface area contributed by atoms with E-state index in [2.05, 4.69) is 5.32 Å². The highest BCUT2D eigenvalue weighted by molar-refractivity contribution is 6.30. The predicted molar refractivity (Wildman–Crippen MR) is 72.4 cm³/mol. The molecule has 1 atom stereocenters. The number of anilines is 1. The maximum absolute atomic E-state index is 11.3. The van der Waals surface area contributed by atoms with Crippen LogP contribution in [0.1, 0.15) is 12.8 Å². The molecule has 1 aromatic rings. The molecule has 2 rings (SSSR count). The molecule has 18 heavy (non-hydrogen) atoms. The van der Waals surface area contributed by atoms with Gasteiger partial charge in [-0.05, 0) is 50.0 Å². The standard InChI is InChI=1S/C13H17ClN2O2/c14-11-4-1-5-12(7-11)16(13(17)18)9-10-3-2-6-15-8-10/h1,4-5,7,10,15H,2-3,6,8-9H2,(H,17,18)/t10-/m1/s1. The highest BCUT2D eigenvalue weighted by Gasteiger charge is 2.21. The van der Waals surface area contributed by atoms with Gasteiger partial charge in [-0.15, -0.1) is 0 Å². The van der Waals surface area contributed by atoms with E-state index in [4.69, 9.17) is 11.6 Å². The Morgan fingerprint density at radius 1 is 1.56 bits per heavy atom. The van der Waals surface area contributed by atoms with E-state index in [1.165, 1.54) is 4.90 Å². The van der Waals surface area contributed by atoms with E-state index < -0.39 is 6.09 Å². The molecule has 1 heterocycles. The van der Waals surface area contributed by atoms with Crippen LogP contribution in [0.5, 0.6) is 0 Å². The second-order valence-corrected chi connectivity index (χ2v) is 5.02. The zero-order chi connectivity index (χ0) is 13.0. The number of nitrogens with zero attached hydrogens (tertiary/aromatic N) is 1. The number of carboxylic acid groups (broad SMARTS) is 1. The van der Waals surface area contributed by atoms with Crippen LogP contribution >= 0.6 is 11.6 Å². The Hall–Kier alpha value is -1.26. The molecular formula is C13H17ClN2O2. The van der Waals surface area contributed by atoms with E-state index in [1.54, 1.807) is 24.3 Å². The van der Waals surface area contributed by atoms with Crippen LogP contribution in [0.3, 0.4) is 0 Å². The maximum Gasteiger partial charge on any atom is 0.411 e. The average molecular weight is 269 g/mol. The van der Waals surface area contributed by atoms with Crippen molar-refractivity contribution in [2.75, 3.05) is 24.5 Å². The van der Waals surface area contributed by atoms with E-state index >= 15 is 0 Å². The van der Waals surface area contributed by atoms with Crippen LogP contribution in [-0.2, 0) is 0 Å². The number of hydrogen-bond acceptors (Lipinski definition) is 2. The number of halogens is 1. The second kappa shape index (κ2) is 6.07. The third kappa shape index (κ3) is 3.37. The van der Waals surface area contributed by atoms with Crippen molar-refractivity contribution in [1.82, 2.24) is 5.32 Å². The molecule has 5 heteroatoms. The first-order chi connectivity index (χ1) is 8.66. The van der Waals surface area contributed by atoms with Gasteiger partial charge in [-0.2, -0.15) is 0 Å². The highest BCUT2D eigenvalue weighted by atomic mass is 35.5. The van der Waals surface area contributed by atoms with Gasteiger partial charge in [0.15, 0.2) is 0 Å². The fourth-order valence-corrected chi connectivity index (χ4v) is 2.46. The average Bonchev–Trinajstić information content (AvgIpc) is 2.37. The molecule has 2 N–H and O–H groups in total. The molecule has 1 aliphatic rings. The summed E-state index contributed by atoms with van der Waals surface area (Å²) in [6.07, 6.45) is 1.24. The molecule has 1 saturated heterocycles. The number of carbonyl (C=O) groups is 1. The quantitative estimate of drug-likeness (QED) is 0.886. The van der Waals surface area contributed by atoms with E-state index in [9.17, 15) is 9.90 Å².